The fourth-order valence-electron chi connectivity index (χ4n) is 1.79. The highest BCUT2D eigenvalue weighted by atomic mass is 16.3. The lowest BCUT2D eigenvalue weighted by Gasteiger charge is -2.40. The first kappa shape index (κ1) is 8.63. The van der Waals surface area contributed by atoms with E-state index in [0.717, 1.165) is 25.2 Å². The number of aliphatic hydroxyl groups is 1. The van der Waals surface area contributed by atoms with Gasteiger partial charge in [0.2, 0.25) is 0 Å². The monoisotopic (exact) mass is 180 g/mol. The van der Waals surface area contributed by atoms with Gasteiger partial charge in [0.05, 0.1) is 6.61 Å². The number of anilines is 1. The number of aromatic amines is 1. The van der Waals surface area contributed by atoms with Gasteiger partial charge in [-0.3, -0.25) is 0 Å². The zero-order chi connectivity index (χ0) is 9.15. The van der Waals surface area contributed by atoms with Crippen LogP contribution in [-0.2, 0) is 0 Å². The molecule has 0 aliphatic heterocycles. The van der Waals surface area contributed by atoms with Gasteiger partial charge in [-0.1, -0.05) is 6.42 Å². The maximum atomic E-state index is 9.21. The molecular formula is C10H16N2O. The predicted molar refractivity (Wildman–Crippen MR) is 52.7 cm³/mol. The van der Waals surface area contributed by atoms with Crippen molar-refractivity contribution in [3.05, 3.63) is 18.3 Å². The summed E-state index contributed by atoms with van der Waals surface area (Å²) in [6.45, 7) is 1.19. The Hall–Kier alpha value is -0.960. The molecule has 13 heavy (non-hydrogen) atoms. The van der Waals surface area contributed by atoms with E-state index in [9.17, 15) is 5.11 Å². The third-order valence-electron chi connectivity index (χ3n) is 3.00. The van der Waals surface area contributed by atoms with Crippen molar-refractivity contribution in [1.82, 2.24) is 4.98 Å². The summed E-state index contributed by atoms with van der Waals surface area (Å²) < 4.78 is 0. The highest BCUT2D eigenvalue weighted by Gasteiger charge is 2.35. The molecule has 0 spiro atoms. The standard InChI is InChI=1S/C10H16N2O/c13-8-10(4-2-5-10)7-12-9-3-1-6-11-9/h1,3,6,11-13H,2,4-5,7-8H2. The van der Waals surface area contributed by atoms with Gasteiger partial charge < -0.3 is 15.4 Å². The van der Waals surface area contributed by atoms with Crippen molar-refractivity contribution in [2.45, 2.75) is 19.3 Å². The molecule has 2 rings (SSSR count). The normalized spacial score (nSPS) is 19.5. The molecule has 1 aromatic heterocycles. The van der Waals surface area contributed by atoms with Gasteiger partial charge in [-0.15, -0.1) is 0 Å². The molecule has 0 aromatic carbocycles. The Labute approximate surface area is 78.2 Å². The average Bonchev–Trinajstić information content (AvgIpc) is 2.56. The number of aliphatic hydroxyl groups excluding tert-OH is 1. The molecule has 0 unspecified atom stereocenters. The molecule has 72 valence electrons. The van der Waals surface area contributed by atoms with Crippen LogP contribution in [-0.4, -0.2) is 23.2 Å². The van der Waals surface area contributed by atoms with Crippen LogP contribution >= 0.6 is 0 Å². The highest BCUT2D eigenvalue weighted by molar-refractivity contribution is 5.34. The minimum atomic E-state index is 0.158. The molecule has 1 heterocycles. The smallest absolute Gasteiger partial charge is 0.103 e. The Morgan fingerprint density at radius 2 is 2.38 bits per heavy atom. The minimum absolute atomic E-state index is 0.158. The fourth-order valence-corrected chi connectivity index (χ4v) is 1.79. The van der Waals surface area contributed by atoms with Crippen molar-refractivity contribution in [1.29, 1.82) is 0 Å². The summed E-state index contributed by atoms with van der Waals surface area (Å²) in [5.41, 5.74) is 0.158. The average molecular weight is 180 g/mol. The maximum Gasteiger partial charge on any atom is 0.103 e. The quantitative estimate of drug-likeness (QED) is 0.659. The van der Waals surface area contributed by atoms with E-state index in [-0.39, 0.29) is 5.41 Å². The number of nitrogens with one attached hydrogen (secondary N) is 2. The van der Waals surface area contributed by atoms with Gasteiger partial charge in [0.1, 0.15) is 5.82 Å². The van der Waals surface area contributed by atoms with Crippen LogP contribution < -0.4 is 5.32 Å². The third kappa shape index (κ3) is 1.70. The van der Waals surface area contributed by atoms with E-state index >= 15 is 0 Å². The summed E-state index contributed by atoms with van der Waals surface area (Å²) in [6, 6.07) is 3.97. The predicted octanol–water partition coefficient (Wildman–Crippen LogP) is 1.59. The lowest BCUT2D eigenvalue weighted by Crippen LogP contribution is -2.39. The van der Waals surface area contributed by atoms with Crippen LogP contribution in [0, 0.1) is 5.41 Å². The van der Waals surface area contributed by atoms with Gasteiger partial charge in [-0.2, -0.15) is 0 Å². The van der Waals surface area contributed by atoms with E-state index in [1.807, 2.05) is 18.3 Å². The van der Waals surface area contributed by atoms with E-state index in [4.69, 9.17) is 0 Å². The second kappa shape index (κ2) is 3.42. The van der Waals surface area contributed by atoms with Gasteiger partial charge in [-0.25, -0.2) is 0 Å². The van der Waals surface area contributed by atoms with E-state index in [0.29, 0.717) is 6.61 Å². The zero-order valence-corrected chi connectivity index (χ0v) is 7.71. The first-order valence-corrected chi connectivity index (χ1v) is 4.83. The lowest BCUT2D eigenvalue weighted by atomic mass is 9.69. The van der Waals surface area contributed by atoms with E-state index in [2.05, 4.69) is 10.3 Å². The van der Waals surface area contributed by atoms with Crippen LogP contribution in [0.15, 0.2) is 18.3 Å². The summed E-state index contributed by atoms with van der Waals surface area (Å²) in [6.07, 6.45) is 5.45. The Bertz CT molecular complexity index is 246. The Kier molecular flexibility index (Phi) is 2.27. The van der Waals surface area contributed by atoms with Gasteiger partial charge in [0, 0.05) is 18.2 Å². The Morgan fingerprint density at radius 1 is 1.54 bits per heavy atom. The van der Waals surface area contributed by atoms with Crippen LogP contribution in [0.5, 0.6) is 0 Å². The molecular weight excluding hydrogens is 164 g/mol. The largest absolute Gasteiger partial charge is 0.396 e. The number of aromatic nitrogens is 1. The molecule has 3 nitrogen and oxygen atoms in total. The Morgan fingerprint density at radius 3 is 2.85 bits per heavy atom. The van der Waals surface area contributed by atoms with Gasteiger partial charge in [0.15, 0.2) is 0 Å². The van der Waals surface area contributed by atoms with Crippen LogP contribution in [0.3, 0.4) is 0 Å². The van der Waals surface area contributed by atoms with E-state index < -0.39 is 0 Å². The van der Waals surface area contributed by atoms with Crippen molar-refractivity contribution in [2.75, 3.05) is 18.5 Å². The van der Waals surface area contributed by atoms with E-state index in [1.54, 1.807) is 0 Å². The van der Waals surface area contributed by atoms with Crippen molar-refractivity contribution in [3.8, 4) is 0 Å². The molecule has 0 radical (unpaired) electrons. The lowest BCUT2D eigenvalue weighted by molar-refractivity contribution is 0.0576. The minimum Gasteiger partial charge on any atom is -0.396 e. The number of hydrogen-bond acceptors (Lipinski definition) is 2. The summed E-state index contributed by atoms with van der Waals surface area (Å²) >= 11 is 0. The molecule has 1 fully saturated rings. The molecule has 0 amide bonds. The van der Waals surface area contributed by atoms with Crippen molar-refractivity contribution < 1.29 is 5.11 Å². The van der Waals surface area contributed by atoms with Crippen LogP contribution in [0.4, 0.5) is 5.82 Å². The van der Waals surface area contributed by atoms with Crippen LogP contribution in [0.2, 0.25) is 0 Å². The maximum absolute atomic E-state index is 9.21. The molecule has 1 aromatic rings. The summed E-state index contributed by atoms with van der Waals surface area (Å²) in [4.78, 5) is 3.09. The number of hydrogen-bond donors (Lipinski definition) is 3. The van der Waals surface area contributed by atoms with Crippen LogP contribution in [0.25, 0.3) is 0 Å². The topological polar surface area (TPSA) is 48.0 Å². The zero-order valence-electron chi connectivity index (χ0n) is 7.71. The first-order valence-electron chi connectivity index (χ1n) is 4.83. The number of rotatable bonds is 4. The van der Waals surface area contributed by atoms with Crippen LogP contribution in [0.1, 0.15) is 19.3 Å². The fraction of sp³-hybridized carbons (Fsp3) is 0.600. The second-order valence-electron chi connectivity index (χ2n) is 3.95. The van der Waals surface area contributed by atoms with Crippen molar-refractivity contribution in [2.24, 2.45) is 5.41 Å². The molecule has 0 bridgehead atoms. The molecule has 1 aliphatic rings. The molecule has 3 N–H and O–H groups in total. The van der Waals surface area contributed by atoms with E-state index in [1.165, 1.54) is 6.42 Å². The first-order chi connectivity index (χ1) is 6.35. The second-order valence-corrected chi connectivity index (χ2v) is 3.95. The molecule has 3 heteroatoms. The molecule has 0 atom stereocenters. The molecule has 1 aliphatic carbocycles. The number of H-pyrrole nitrogens is 1. The highest BCUT2D eigenvalue weighted by Crippen LogP contribution is 2.40. The van der Waals surface area contributed by atoms with Gasteiger partial charge in [-0.05, 0) is 25.0 Å². The van der Waals surface area contributed by atoms with Gasteiger partial charge >= 0.3 is 0 Å². The summed E-state index contributed by atoms with van der Waals surface area (Å²) in [7, 11) is 0. The van der Waals surface area contributed by atoms with Gasteiger partial charge in [0.25, 0.3) is 0 Å². The van der Waals surface area contributed by atoms with Crippen molar-refractivity contribution in [3.63, 3.8) is 0 Å². The molecule has 0 saturated heterocycles. The van der Waals surface area contributed by atoms with Crippen molar-refractivity contribution >= 4 is 5.82 Å². The molecule has 1 saturated carbocycles. The third-order valence-corrected chi connectivity index (χ3v) is 3.00. The summed E-state index contributed by atoms with van der Waals surface area (Å²) in [5.74, 6) is 1.04. The SMILES string of the molecule is OCC1(CNc2ccc[nH]2)CCC1. The summed E-state index contributed by atoms with van der Waals surface area (Å²) in [5, 5.41) is 12.5. The Balaban J connectivity index is 1.84.